The van der Waals surface area contributed by atoms with Crippen LogP contribution < -0.4 is 11.1 Å². The van der Waals surface area contributed by atoms with Crippen molar-refractivity contribution in [2.45, 2.75) is 25.5 Å². The van der Waals surface area contributed by atoms with Gasteiger partial charge in [0.1, 0.15) is 17.4 Å². The number of halogens is 1. The number of nitrogens with zero attached hydrogens (tertiary/aromatic N) is 3. The molecule has 0 bridgehead atoms. The second kappa shape index (κ2) is 9.83. The average molecular weight is 448 g/mol. The molecule has 0 radical (unpaired) electrons. The summed E-state index contributed by atoms with van der Waals surface area (Å²) in [6, 6.07) is 11.4. The molecule has 32 heavy (non-hydrogen) atoms. The van der Waals surface area contributed by atoms with Gasteiger partial charge in [-0.2, -0.15) is 0 Å². The molecule has 4 aromatic rings. The number of rotatable bonds is 6. The number of aromatic nitrogens is 3. The Labute approximate surface area is 189 Å². The van der Waals surface area contributed by atoms with E-state index in [0.717, 1.165) is 16.5 Å². The number of fused-ring (bicyclic) bond motifs is 1. The third-order valence-electron chi connectivity index (χ3n) is 4.72. The molecule has 4 N–H and O–H groups in total. The van der Waals surface area contributed by atoms with Crippen LogP contribution in [0.25, 0.3) is 21.6 Å². The molecule has 8 heteroatoms. The maximum Gasteiger partial charge on any atom is 0.165 e. The van der Waals surface area contributed by atoms with Crippen LogP contribution in [-0.2, 0) is 6.42 Å². The van der Waals surface area contributed by atoms with Crippen molar-refractivity contribution in [2.24, 2.45) is 5.73 Å². The van der Waals surface area contributed by atoms with Gasteiger partial charge in [-0.3, -0.25) is 4.98 Å². The van der Waals surface area contributed by atoms with E-state index >= 15 is 0 Å². The number of nitrogens with two attached hydrogens (primary N) is 1. The Morgan fingerprint density at radius 2 is 2.03 bits per heavy atom. The molecule has 0 unspecified atom stereocenters. The van der Waals surface area contributed by atoms with E-state index in [1.807, 2.05) is 35.7 Å². The normalized spacial score (nSPS) is 12.8. The van der Waals surface area contributed by atoms with E-state index < -0.39 is 11.9 Å². The van der Waals surface area contributed by atoms with Crippen molar-refractivity contribution in [3.63, 3.8) is 0 Å². The molecule has 0 spiro atoms. The molecule has 1 aromatic carbocycles. The first-order valence-corrected chi connectivity index (χ1v) is 11.0. The first-order chi connectivity index (χ1) is 15.5. The highest BCUT2D eigenvalue weighted by molar-refractivity contribution is 7.18. The lowest BCUT2D eigenvalue weighted by Gasteiger charge is -2.14. The number of benzene rings is 1. The Kier molecular flexibility index (Phi) is 6.71. The van der Waals surface area contributed by atoms with Gasteiger partial charge in [0.05, 0.1) is 22.0 Å². The molecule has 0 aliphatic carbocycles. The smallest absolute Gasteiger partial charge is 0.165 e. The molecule has 2 atom stereocenters. The molecule has 0 saturated carbocycles. The minimum atomic E-state index is -0.766. The van der Waals surface area contributed by atoms with Crippen LogP contribution in [0.3, 0.4) is 0 Å². The highest BCUT2D eigenvalue weighted by atomic mass is 32.1. The second-order valence-corrected chi connectivity index (χ2v) is 8.23. The van der Waals surface area contributed by atoms with Crippen molar-refractivity contribution in [3.8, 4) is 23.2 Å². The van der Waals surface area contributed by atoms with Crippen LogP contribution in [0.1, 0.15) is 18.1 Å². The maximum atomic E-state index is 14.4. The lowest BCUT2D eigenvalue weighted by molar-refractivity contribution is 0.253. The van der Waals surface area contributed by atoms with E-state index in [0.29, 0.717) is 29.9 Å². The van der Waals surface area contributed by atoms with Gasteiger partial charge in [0, 0.05) is 24.2 Å². The van der Waals surface area contributed by atoms with Crippen LogP contribution in [0.15, 0.2) is 54.2 Å². The predicted molar refractivity (Wildman–Crippen MR) is 126 cm³/mol. The van der Waals surface area contributed by atoms with Gasteiger partial charge in [-0.25, -0.2) is 14.4 Å². The number of thiophene rings is 1. The second-order valence-electron chi connectivity index (χ2n) is 7.35. The number of pyridine rings is 1. The van der Waals surface area contributed by atoms with Gasteiger partial charge in [-0.1, -0.05) is 42.2 Å². The van der Waals surface area contributed by atoms with Crippen molar-refractivity contribution in [3.05, 3.63) is 71.1 Å². The molecule has 3 aromatic heterocycles. The SMILES string of the molecule is C[C@H](O)C#Cc1csc2c(NC[C@@H](N)Cc3ccccc3)nc(-c3ccncc3F)nc12. The fourth-order valence-corrected chi connectivity index (χ4v) is 4.11. The first kappa shape index (κ1) is 21.8. The first-order valence-electron chi connectivity index (χ1n) is 10.1. The highest BCUT2D eigenvalue weighted by Gasteiger charge is 2.17. The summed E-state index contributed by atoms with van der Waals surface area (Å²) in [5, 5.41) is 14.7. The van der Waals surface area contributed by atoms with Crippen molar-refractivity contribution in [1.29, 1.82) is 0 Å². The molecule has 0 fully saturated rings. The Hall–Kier alpha value is -3.38. The molecule has 162 valence electrons. The maximum absolute atomic E-state index is 14.4. The zero-order valence-electron chi connectivity index (χ0n) is 17.4. The summed E-state index contributed by atoms with van der Waals surface area (Å²) < 4.78 is 15.2. The number of aliphatic hydroxyl groups is 1. The molecule has 0 amide bonds. The summed E-state index contributed by atoms with van der Waals surface area (Å²) in [5.41, 5.74) is 8.99. The molecular formula is C24H22FN5OS. The highest BCUT2D eigenvalue weighted by Crippen LogP contribution is 2.32. The number of hydrogen-bond acceptors (Lipinski definition) is 7. The fraction of sp³-hybridized carbons (Fsp3) is 0.208. The van der Waals surface area contributed by atoms with E-state index in [2.05, 4.69) is 32.1 Å². The number of nitrogens with one attached hydrogen (secondary N) is 1. The Morgan fingerprint density at radius 1 is 1.22 bits per heavy atom. The molecule has 6 nitrogen and oxygen atoms in total. The number of hydrogen-bond donors (Lipinski definition) is 3. The standard InChI is InChI=1S/C24H22FN5OS/c1-15(31)7-8-17-14-32-22-21(17)29-23(19-9-10-27-13-20(19)25)30-24(22)28-12-18(26)11-16-5-3-2-4-6-16/h2-6,9-10,13-15,18,31H,11-12,26H2,1H3,(H,28,29,30)/t15-,18-/m0/s1. The third kappa shape index (κ3) is 5.08. The van der Waals surface area contributed by atoms with E-state index in [9.17, 15) is 9.50 Å². The van der Waals surface area contributed by atoms with Gasteiger partial charge in [-0.15, -0.1) is 11.3 Å². The van der Waals surface area contributed by atoms with Crippen LogP contribution in [-0.4, -0.2) is 38.7 Å². The van der Waals surface area contributed by atoms with Gasteiger partial charge in [0.2, 0.25) is 0 Å². The summed E-state index contributed by atoms with van der Waals surface area (Å²) in [6.45, 7) is 2.07. The van der Waals surface area contributed by atoms with Gasteiger partial charge < -0.3 is 16.2 Å². The minimum absolute atomic E-state index is 0.141. The van der Waals surface area contributed by atoms with E-state index in [-0.39, 0.29) is 17.4 Å². The van der Waals surface area contributed by atoms with E-state index in [1.54, 1.807) is 6.92 Å². The minimum Gasteiger partial charge on any atom is -0.381 e. The Bertz CT molecular complexity index is 1280. The summed E-state index contributed by atoms with van der Waals surface area (Å²) in [6.07, 6.45) is 2.57. The third-order valence-corrected chi connectivity index (χ3v) is 5.69. The monoisotopic (exact) mass is 447 g/mol. The number of anilines is 1. The summed E-state index contributed by atoms with van der Waals surface area (Å²) in [5.74, 6) is 5.97. The molecule has 0 aliphatic heterocycles. The molecule has 4 rings (SSSR count). The molecule has 0 aliphatic rings. The van der Waals surface area contributed by atoms with Gasteiger partial charge in [-0.05, 0) is 25.0 Å². The molecule has 3 heterocycles. The van der Waals surface area contributed by atoms with Crippen LogP contribution in [0, 0.1) is 17.7 Å². The molecular weight excluding hydrogens is 425 g/mol. The lowest BCUT2D eigenvalue weighted by atomic mass is 10.1. The van der Waals surface area contributed by atoms with Gasteiger partial charge in [0.25, 0.3) is 0 Å². The van der Waals surface area contributed by atoms with Crippen LogP contribution in [0.4, 0.5) is 10.2 Å². The summed E-state index contributed by atoms with van der Waals surface area (Å²) >= 11 is 1.44. The average Bonchev–Trinajstić information content (AvgIpc) is 3.20. The Balaban J connectivity index is 1.69. The topological polar surface area (TPSA) is 97.0 Å². The van der Waals surface area contributed by atoms with Crippen LogP contribution >= 0.6 is 11.3 Å². The van der Waals surface area contributed by atoms with Gasteiger partial charge >= 0.3 is 0 Å². The Morgan fingerprint density at radius 3 is 2.78 bits per heavy atom. The van der Waals surface area contributed by atoms with Crippen molar-refractivity contribution in [1.82, 2.24) is 15.0 Å². The zero-order chi connectivity index (χ0) is 22.5. The quantitative estimate of drug-likeness (QED) is 0.391. The van der Waals surface area contributed by atoms with Crippen molar-refractivity contribution in [2.75, 3.05) is 11.9 Å². The van der Waals surface area contributed by atoms with Crippen molar-refractivity contribution < 1.29 is 9.50 Å². The molecule has 0 saturated heterocycles. The number of aliphatic hydroxyl groups excluding tert-OH is 1. The predicted octanol–water partition coefficient (Wildman–Crippen LogP) is 3.61. The van der Waals surface area contributed by atoms with E-state index in [1.165, 1.54) is 23.6 Å². The van der Waals surface area contributed by atoms with Crippen molar-refractivity contribution >= 4 is 27.4 Å². The van der Waals surface area contributed by atoms with E-state index in [4.69, 9.17) is 5.73 Å². The summed E-state index contributed by atoms with van der Waals surface area (Å²) in [4.78, 5) is 13.0. The van der Waals surface area contributed by atoms with Crippen LogP contribution in [0.2, 0.25) is 0 Å². The summed E-state index contributed by atoms with van der Waals surface area (Å²) in [7, 11) is 0. The largest absolute Gasteiger partial charge is 0.381 e. The van der Waals surface area contributed by atoms with Crippen LogP contribution in [0.5, 0.6) is 0 Å². The van der Waals surface area contributed by atoms with Gasteiger partial charge in [0.15, 0.2) is 11.6 Å². The lowest BCUT2D eigenvalue weighted by Crippen LogP contribution is -2.31. The fourth-order valence-electron chi connectivity index (χ4n) is 3.20. The zero-order valence-corrected chi connectivity index (χ0v) is 18.2.